The molecule has 0 radical (unpaired) electrons. The highest BCUT2D eigenvalue weighted by molar-refractivity contribution is 9.11. The molecule has 1 aromatic carbocycles. The molecule has 0 saturated carbocycles. The average Bonchev–Trinajstić information content (AvgIpc) is 2.76. The van der Waals surface area contributed by atoms with Gasteiger partial charge < -0.3 is 5.32 Å². The van der Waals surface area contributed by atoms with Gasteiger partial charge in [-0.05, 0) is 53.2 Å². The largest absolute Gasteiger partial charge is 0.378 e. The molecule has 1 atom stereocenters. The summed E-state index contributed by atoms with van der Waals surface area (Å²) < 4.78 is 1.11. The van der Waals surface area contributed by atoms with Crippen molar-refractivity contribution in [1.82, 2.24) is 0 Å². The topological polar surface area (TPSA) is 35.8 Å². The minimum atomic E-state index is 0.199. The molecule has 1 N–H and O–H groups in total. The molecule has 0 bridgehead atoms. The van der Waals surface area contributed by atoms with Gasteiger partial charge in [-0.15, -0.1) is 11.3 Å². The van der Waals surface area contributed by atoms with Gasteiger partial charge in [0.25, 0.3) is 0 Å². The first-order valence-corrected chi connectivity index (χ1v) is 7.30. The molecule has 2 rings (SSSR count). The highest BCUT2D eigenvalue weighted by Crippen LogP contribution is 2.30. The van der Waals surface area contributed by atoms with E-state index in [2.05, 4.69) is 34.2 Å². The first-order valence-electron chi connectivity index (χ1n) is 5.31. The van der Waals surface area contributed by atoms with E-state index in [1.54, 1.807) is 23.5 Å². The minimum absolute atomic E-state index is 0.199. The zero-order valence-corrected chi connectivity index (χ0v) is 12.7. The normalized spacial score (nSPS) is 11.9. The number of rotatable bonds is 3. The molecular formula is C13H10BrClN2S. The lowest BCUT2D eigenvalue weighted by molar-refractivity contribution is 0.908. The lowest BCUT2D eigenvalue weighted by Crippen LogP contribution is -2.04. The van der Waals surface area contributed by atoms with Gasteiger partial charge in [-0.1, -0.05) is 11.6 Å². The van der Waals surface area contributed by atoms with E-state index in [4.69, 9.17) is 16.9 Å². The summed E-state index contributed by atoms with van der Waals surface area (Å²) in [6.07, 6.45) is 0. The van der Waals surface area contributed by atoms with Gasteiger partial charge in [-0.2, -0.15) is 5.26 Å². The van der Waals surface area contributed by atoms with Gasteiger partial charge in [-0.25, -0.2) is 0 Å². The van der Waals surface area contributed by atoms with Crippen LogP contribution in [0.4, 0.5) is 5.69 Å². The molecule has 0 aliphatic heterocycles. The molecule has 5 heteroatoms. The summed E-state index contributed by atoms with van der Waals surface area (Å²) in [4.78, 5) is 1.24. The van der Waals surface area contributed by atoms with Crippen LogP contribution in [-0.4, -0.2) is 0 Å². The van der Waals surface area contributed by atoms with Gasteiger partial charge in [0.05, 0.1) is 20.4 Å². The summed E-state index contributed by atoms with van der Waals surface area (Å²) in [5.74, 6) is 0. The fraction of sp³-hybridized carbons (Fsp3) is 0.154. The molecule has 1 unspecified atom stereocenters. The minimum Gasteiger partial charge on any atom is -0.378 e. The van der Waals surface area contributed by atoms with E-state index in [1.807, 2.05) is 18.2 Å². The summed E-state index contributed by atoms with van der Waals surface area (Å²) in [5.41, 5.74) is 1.41. The van der Waals surface area contributed by atoms with E-state index in [1.165, 1.54) is 4.88 Å². The van der Waals surface area contributed by atoms with E-state index >= 15 is 0 Å². The van der Waals surface area contributed by atoms with E-state index in [0.717, 1.165) is 9.47 Å². The van der Waals surface area contributed by atoms with Crippen molar-refractivity contribution >= 4 is 44.6 Å². The number of halogens is 2. The van der Waals surface area contributed by atoms with Crippen LogP contribution in [0, 0.1) is 11.3 Å². The second-order valence-electron chi connectivity index (χ2n) is 3.81. The number of nitriles is 1. The van der Waals surface area contributed by atoms with Gasteiger partial charge in [-0.3, -0.25) is 0 Å². The monoisotopic (exact) mass is 340 g/mol. The van der Waals surface area contributed by atoms with Crippen LogP contribution in [0.15, 0.2) is 34.1 Å². The molecule has 1 aromatic heterocycles. The van der Waals surface area contributed by atoms with Crippen molar-refractivity contribution in [2.45, 2.75) is 13.0 Å². The molecule has 0 amide bonds. The van der Waals surface area contributed by atoms with Crippen molar-refractivity contribution in [2.24, 2.45) is 0 Å². The van der Waals surface area contributed by atoms with Crippen molar-refractivity contribution < 1.29 is 0 Å². The highest BCUT2D eigenvalue weighted by atomic mass is 79.9. The number of hydrogen-bond acceptors (Lipinski definition) is 3. The quantitative estimate of drug-likeness (QED) is 0.832. The maximum Gasteiger partial charge on any atom is 0.101 e. The molecule has 0 aliphatic rings. The van der Waals surface area contributed by atoms with Crippen molar-refractivity contribution in [2.75, 3.05) is 5.32 Å². The van der Waals surface area contributed by atoms with Crippen LogP contribution in [0.3, 0.4) is 0 Å². The zero-order valence-electron chi connectivity index (χ0n) is 9.58. The number of nitrogens with one attached hydrogen (secondary N) is 1. The van der Waals surface area contributed by atoms with E-state index in [-0.39, 0.29) is 6.04 Å². The lowest BCUT2D eigenvalue weighted by Gasteiger charge is -2.14. The smallest absolute Gasteiger partial charge is 0.101 e. The molecule has 1 heterocycles. The SMILES string of the molecule is CC(Nc1ccc(C#N)c(Cl)c1)c1ccc(Br)s1. The van der Waals surface area contributed by atoms with Gasteiger partial charge in [0.2, 0.25) is 0 Å². The summed E-state index contributed by atoms with van der Waals surface area (Å²) >= 11 is 11.1. The van der Waals surface area contributed by atoms with Crippen LogP contribution in [0.1, 0.15) is 23.4 Å². The van der Waals surface area contributed by atoms with Crippen LogP contribution in [0.2, 0.25) is 5.02 Å². The Morgan fingerprint density at radius 3 is 2.72 bits per heavy atom. The fourth-order valence-electron chi connectivity index (χ4n) is 1.58. The standard InChI is InChI=1S/C13H10BrClN2S/c1-8(12-4-5-13(14)18-12)17-10-3-2-9(7-16)11(15)6-10/h2-6,8,17H,1H3. The Labute approximate surface area is 123 Å². The Morgan fingerprint density at radius 2 is 2.17 bits per heavy atom. The van der Waals surface area contributed by atoms with Gasteiger partial charge in [0.15, 0.2) is 0 Å². The Morgan fingerprint density at radius 1 is 1.39 bits per heavy atom. The summed E-state index contributed by atoms with van der Waals surface area (Å²) in [5, 5.41) is 12.6. The van der Waals surface area contributed by atoms with Crippen LogP contribution in [0.5, 0.6) is 0 Å². The average molecular weight is 342 g/mol. The third-order valence-electron chi connectivity index (χ3n) is 2.49. The third kappa shape index (κ3) is 3.05. The predicted octanol–water partition coefficient (Wildman–Crippen LogP) is 5.21. The summed E-state index contributed by atoms with van der Waals surface area (Å²) in [7, 11) is 0. The third-order valence-corrected chi connectivity index (χ3v) is 4.61. The summed E-state index contributed by atoms with van der Waals surface area (Å²) in [6, 6.07) is 11.7. The molecule has 0 saturated heterocycles. The van der Waals surface area contributed by atoms with Gasteiger partial charge in [0.1, 0.15) is 6.07 Å². The molecule has 0 aliphatic carbocycles. The molecular weight excluding hydrogens is 332 g/mol. The predicted molar refractivity (Wildman–Crippen MR) is 80.2 cm³/mol. The second-order valence-corrected chi connectivity index (χ2v) is 6.72. The van der Waals surface area contributed by atoms with Gasteiger partial charge >= 0.3 is 0 Å². The lowest BCUT2D eigenvalue weighted by atomic mass is 10.2. The highest BCUT2D eigenvalue weighted by Gasteiger charge is 2.09. The Hall–Kier alpha value is -1.02. The number of hydrogen-bond donors (Lipinski definition) is 1. The maximum absolute atomic E-state index is 8.81. The van der Waals surface area contributed by atoms with E-state index in [9.17, 15) is 0 Å². The van der Waals surface area contributed by atoms with E-state index in [0.29, 0.717) is 10.6 Å². The number of thiophene rings is 1. The molecule has 2 nitrogen and oxygen atoms in total. The molecule has 18 heavy (non-hydrogen) atoms. The Balaban J connectivity index is 2.15. The van der Waals surface area contributed by atoms with Crippen molar-refractivity contribution in [3.05, 3.63) is 49.6 Å². The Kier molecular flexibility index (Phi) is 4.28. The molecule has 0 spiro atoms. The number of benzene rings is 1. The number of nitrogens with zero attached hydrogens (tertiary/aromatic N) is 1. The number of anilines is 1. The summed E-state index contributed by atoms with van der Waals surface area (Å²) in [6.45, 7) is 2.09. The Bertz CT molecular complexity index is 603. The van der Waals surface area contributed by atoms with Crippen molar-refractivity contribution in [3.63, 3.8) is 0 Å². The second kappa shape index (κ2) is 5.75. The van der Waals surface area contributed by atoms with Crippen LogP contribution in [0.25, 0.3) is 0 Å². The van der Waals surface area contributed by atoms with Crippen LogP contribution >= 0.6 is 38.9 Å². The van der Waals surface area contributed by atoms with Crippen molar-refractivity contribution in [1.29, 1.82) is 5.26 Å². The molecule has 0 fully saturated rings. The molecule has 2 aromatic rings. The fourth-order valence-corrected chi connectivity index (χ4v) is 3.23. The molecule has 92 valence electrons. The first kappa shape index (κ1) is 13.4. The zero-order chi connectivity index (χ0) is 13.1. The van der Waals surface area contributed by atoms with Crippen LogP contribution in [-0.2, 0) is 0 Å². The van der Waals surface area contributed by atoms with E-state index < -0.39 is 0 Å². The first-order chi connectivity index (χ1) is 8.60. The van der Waals surface area contributed by atoms with Gasteiger partial charge in [0, 0.05) is 10.6 Å². The van der Waals surface area contributed by atoms with Crippen molar-refractivity contribution in [3.8, 4) is 6.07 Å². The maximum atomic E-state index is 8.81. The van der Waals surface area contributed by atoms with Crippen LogP contribution < -0.4 is 5.32 Å².